The summed E-state index contributed by atoms with van der Waals surface area (Å²) in [6.45, 7) is -0.147. The van der Waals surface area contributed by atoms with Crippen molar-refractivity contribution in [3.8, 4) is 5.75 Å². The number of ether oxygens (including phenoxy) is 2. The first-order chi connectivity index (χ1) is 10.5. The summed E-state index contributed by atoms with van der Waals surface area (Å²) in [5, 5.41) is 1.99. The van der Waals surface area contributed by atoms with E-state index in [1.807, 2.05) is 30.3 Å². The summed E-state index contributed by atoms with van der Waals surface area (Å²) in [5.41, 5.74) is 0. The van der Waals surface area contributed by atoms with E-state index in [0.29, 0.717) is 5.75 Å². The molecule has 0 unspecified atom stereocenters. The monoisotopic (exact) mass is 338 g/mol. The predicted molar refractivity (Wildman–Crippen MR) is 85.2 cm³/mol. The van der Waals surface area contributed by atoms with Crippen LogP contribution >= 0.6 is 23.2 Å². The molecule has 22 heavy (non-hydrogen) atoms. The highest BCUT2D eigenvalue weighted by Crippen LogP contribution is 2.20. The minimum Gasteiger partial charge on any atom is -0.460 e. The Bertz CT molecular complexity index is 710. The first-order valence-corrected chi connectivity index (χ1v) is 7.25. The van der Waals surface area contributed by atoms with Crippen molar-refractivity contribution >= 4 is 45.9 Å². The van der Waals surface area contributed by atoms with Crippen LogP contribution in [-0.4, -0.2) is 23.4 Å². The van der Waals surface area contributed by atoms with Crippen molar-refractivity contribution < 1.29 is 19.1 Å². The van der Waals surface area contributed by atoms with E-state index in [1.54, 1.807) is 12.1 Å². The number of hydrogen-bond acceptors (Lipinski definition) is 4. The van der Waals surface area contributed by atoms with E-state index in [0.717, 1.165) is 22.9 Å². The second kappa shape index (κ2) is 7.82. The Kier molecular flexibility index (Phi) is 5.81. The molecule has 0 bridgehead atoms. The van der Waals surface area contributed by atoms with E-state index in [-0.39, 0.29) is 6.61 Å². The molecule has 0 aliphatic carbocycles. The lowest BCUT2D eigenvalue weighted by molar-refractivity contribution is -0.138. The zero-order valence-electron chi connectivity index (χ0n) is 11.4. The van der Waals surface area contributed by atoms with Gasteiger partial charge in [-0.05, 0) is 22.9 Å². The van der Waals surface area contributed by atoms with Crippen LogP contribution in [0.2, 0.25) is 0 Å². The van der Waals surface area contributed by atoms with Crippen LogP contribution in [0.3, 0.4) is 0 Å². The first-order valence-electron chi connectivity index (χ1n) is 6.38. The molecule has 4 nitrogen and oxygen atoms in total. The van der Waals surface area contributed by atoms with E-state index in [2.05, 4.69) is 4.74 Å². The summed E-state index contributed by atoms with van der Waals surface area (Å²) >= 11 is 10.8. The molecule has 0 amide bonds. The van der Waals surface area contributed by atoms with Gasteiger partial charge in [0, 0.05) is 12.2 Å². The molecular formula is C16H12Cl2O4. The molecule has 6 heteroatoms. The smallest absolute Gasteiger partial charge is 0.336 e. The molecule has 114 valence electrons. The Morgan fingerprint density at radius 2 is 1.68 bits per heavy atom. The number of esters is 2. The summed E-state index contributed by atoms with van der Waals surface area (Å²) in [6, 6.07) is 13.0. The maximum atomic E-state index is 11.6. The molecule has 0 spiro atoms. The summed E-state index contributed by atoms with van der Waals surface area (Å²) in [4.78, 5) is 22.1. The topological polar surface area (TPSA) is 52.6 Å². The lowest BCUT2D eigenvalue weighted by Crippen LogP contribution is -2.09. The number of fused-ring (bicyclic) bond motifs is 1. The third-order valence-electron chi connectivity index (χ3n) is 2.65. The van der Waals surface area contributed by atoms with Gasteiger partial charge in [-0.15, -0.1) is 23.2 Å². The molecule has 2 rings (SSSR count). The van der Waals surface area contributed by atoms with Gasteiger partial charge in [-0.1, -0.05) is 30.3 Å². The molecule has 0 aromatic heterocycles. The second-order valence-electron chi connectivity index (χ2n) is 4.28. The molecule has 0 radical (unpaired) electrons. The fraction of sp³-hybridized carbons (Fsp3) is 0.125. The van der Waals surface area contributed by atoms with Gasteiger partial charge >= 0.3 is 11.9 Å². The Morgan fingerprint density at radius 1 is 1.00 bits per heavy atom. The Labute approximate surface area is 137 Å². The fourth-order valence-electron chi connectivity index (χ4n) is 1.71. The van der Waals surface area contributed by atoms with Crippen LogP contribution in [0.15, 0.2) is 54.6 Å². The molecule has 0 atom stereocenters. The van der Waals surface area contributed by atoms with Gasteiger partial charge in [0.15, 0.2) is 0 Å². The average Bonchev–Trinajstić information content (AvgIpc) is 2.50. The van der Waals surface area contributed by atoms with Crippen molar-refractivity contribution in [2.45, 2.75) is 4.84 Å². The average molecular weight is 339 g/mol. The van der Waals surface area contributed by atoms with Crippen LogP contribution in [0.5, 0.6) is 5.75 Å². The third-order valence-corrected chi connectivity index (χ3v) is 2.90. The predicted octanol–water partition coefficient (Wildman–Crippen LogP) is 3.65. The molecule has 0 N–H and O–H groups in total. The quantitative estimate of drug-likeness (QED) is 0.361. The first kappa shape index (κ1) is 16.3. The summed E-state index contributed by atoms with van der Waals surface area (Å²) in [5.74, 6) is -1.01. The standard InChI is InChI=1S/C16H12Cl2O4/c17-14(18)10-21-15(19)7-8-16(20)22-13-6-5-11-3-1-2-4-12(11)9-13/h1-9,14H,10H2/b8-7+. The van der Waals surface area contributed by atoms with Crippen LogP contribution in [0.1, 0.15) is 0 Å². The molecular weight excluding hydrogens is 327 g/mol. The van der Waals surface area contributed by atoms with E-state index in [4.69, 9.17) is 27.9 Å². The minimum atomic E-state index is -0.804. The fourth-order valence-corrected chi connectivity index (χ4v) is 1.84. The number of halogens is 2. The van der Waals surface area contributed by atoms with E-state index < -0.39 is 16.8 Å². The largest absolute Gasteiger partial charge is 0.460 e. The van der Waals surface area contributed by atoms with Gasteiger partial charge in [-0.25, -0.2) is 9.59 Å². The van der Waals surface area contributed by atoms with Crippen LogP contribution in [0.4, 0.5) is 0 Å². The number of rotatable bonds is 5. The lowest BCUT2D eigenvalue weighted by atomic mass is 10.1. The normalized spacial score (nSPS) is 11.0. The zero-order valence-corrected chi connectivity index (χ0v) is 12.9. The van der Waals surface area contributed by atoms with E-state index >= 15 is 0 Å². The lowest BCUT2D eigenvalue weighted by Gasteiger charge is -2.03. The van der Waals surface area contributed by atoms with Crippen LogP contribution in [0, 0.1) is 0 Å². The van der Waals surface area contributed by atoms with Gasteiger partial charge in [0.1, 0.15) is 17.2 Å². The van der Waals surface area contributed by atoms with Gasteiger partial charge in [0.2, 0.25) is 0 Å². The van der Waals surface area contributed by atoms with Crippen molar-refractivity contribution in [1.29, 1.82) is 0 Å². The van der Waals surface area contributed by atoms with Gasteiger partial charge in [-0.3, -0.25) is 0 Å². The highest BCUT2D eigenvalue weighted by atomic mass is 35.5. The molecule has 2 aromatic carbocycles. The van der Waals surface area contributed by atoms with Crippen molar-refractivity contribution in [3.63, 3.8) is 0 Å². The number of carbonyl (C=O) groups excluding carboxylic acids is 2. The van der Waals surface area contributed by atoms with Gasteiger partial charge in [0.25, 0.3) is 0 Å². The minimum absolute atomic E-state index is 0.147. The van der Waals surface area contributed by atoms with Gasteiger partial charge in [-0.2, -0.15) is 0 Å². The Balaban J connectivity index is 1.94. The Morgan fingerprint density at radius 3 is 2.41 bits per heavy atom. The molecule has 0 aliphatic heterocycles. The van der Waals surface area contributed by atoms with Crippen LogP contribution in [-0.2, 0) is 14.3 Å². The van der Waals surface area contributed by atoms with E-state index in [1.165, 1.54) is 0 Å². The van der Waals surface area contributed by atoms with E-state index in [9.17, 15) is 9.59 Å². The maximum Gasteiger partial charge on any atom is 0.336 e. The number of hydrogen-bond donors (Lipinski definition) is 0. The highest BCUT2D eigenvalue weighted by Gasteiger charge is 2.05. The van der Waals surface area contributed by atoms with Crippen molar-refractivity contribution in [3.05, 3.63) is 54.6 Å². The molecule has 2 aromatic rings. The SMILES string of the molecule is O=C(/C=C/C(=O)Oc1ccc2ccccc2c1)OCC(Cl)Cl. The van der Waals surface area contributed by atoms with Gasteiger partial charge < -0.3 is 9.47 Å². The number of alkyl halides is 2. The molecule has 0 fully saturated rings. The number of carbonyl (C=O) groups is 2. The van der Waals surface area contributed by atoms with Gasteiger partial charge in [0.05, 0.1) is 0 Å². The molecule has 0 saturated carbocycles. The molecule has 0 aliphatic rings. The van der Waals surface area contributed by atoms with Crippen LogP contribution < -0.4 is 4.74 Å². The second-order valence-corrected chi connectivity index (χ2v) is 5.56. The maximum absolute atomic E-state index is 11.6. The van der Waals surface area contributed by atoms with Crippen molar-refractivity contribution in [2.75, 3.05) is 6.61 Å². The van der Waals surface area contributed by atoms with Crippen LogP contribution in [0.25, 0.3) is 10.8 Å². The third kappa shape index (κ3) is 5.06. The number of benzene rings is 2. The summed E-state index contributed by atoms with van der Waals surface area (Å²) < 4.78 is 9.78. The summed E-state index contributed by atoms with van der Waals surface area (Å²) in [6.07, 6.45) is 1.94. The molecule has 0 heterocycles. The Hall–Kier alpha value is -2.04. The summed E-state index contributed by atoms with van der Waals surface area (Å²) in [7, 11) is 0. The molecule has 0 saturated heterocycles. The van der Waals surface area contributed by atoms with Crippen molar-refractivity contribution in [1.82, 2.24) is 0 Å². The zero-order chi connectivity index (χ0) is 15.9. The highest BCUT2D eigenvalue weighted by molar-refractivity contribution is 6.44. The van der Waals surface area contributed by atoms with Crippen molar-refractivity contribution in [2.24, 2.45) is 0 Å².